The monoisotopic (exact) mass is 204 g/mol. The fourth-order valence-electron chi connectivity index (χ4n) is 0.264. The van der Waals surface area contributed by atoms with Crippen LogP contribution in [0.15, 0.2) is 0 Å². The molecule has 0 bridgehead atoms. The molecular weight excluding hydrogens is 199 g/mol. The van der Waals surface area contributed by atoms with Gasteiger partial charge in [-0.15, -0.1) is 0 Å². The Morgan fingerprint density at radius 2 is 1.64 bits per heavy atom. The Balaban J connectivity index is 0. The summed E-state index contributed by atoms with van der Waals surface area (Å²) in [4.78, 5) is 20.0. The SMILES string of the molecule is O=C([O-])C(S)C(S)C(=O)O.[Na+]. The Bertz CT molecular complexity index is 144. The van der Waals surface area contributed by atoms with Gasteiger partial charge >= 0.3 is 35.5 Å². The number of carbonyl (C=O) groups excluding carboxylic acids is 1. The van der Waals surface area contributed by atoms with E-state index < -0.39 is 22.4 Å². The van der Waals surface area contributed by atoms with Crippen LogP contribution in [0.3, 0.4) is 0 Å². The summed E-state index contributed by atoms with van der Waals surface area (Å²) in [5.74, 6) is -2.86. The van der Waals surface area contributed by atoms with Gasteiger partial charge in [0.25, 0.3) is 0 Å². The molecule has 0 saturated carbocycles. The molecule has 4 nitrogen and oxygen atoms in total. The topological polar surface area (TPSA) is 77.4 Å². The van der Waals surface area contributed by atoms with Crippen molar-refractivity contribution in [1.29, 1.82) is 0 Å². The zero-order valence-electron chi connectivity index (χ0n) is 5.72. The van der Waals surface area contributed by atoms with Crippen molar-refractivity contribution in [3.05, 3.63) is 0 Å². The molecule has 0 aromatic rings. The van der Waals surface area contributed by atoms with Crippen LogP contribution in [0.5, 0.6) is 0 Å². The second-order valence-electron chi connectivity index (χ2n) is 1.55. The molecule has 0 rings (SSSR count). The molecule has 0 aliphatic rings. The molecule has 2 unspecified atom stereocenters. The molecule has 0 radical (unpaired) electrons. The van der Waals surface area contributed by atoms with E-state index in [0.29, 0.717) is 0 Å². The third-order valence-corrected chi connectivity index (χ3v) is 2.06. The first kappa shape index (κ1) is 14.2. The molecule has 0 fully saturated rings. The van der Waals surface area contributed by atoms with Gasteiger partial charge in [-0.1, -0.05) is 0 Å². The van der Waals surface area contributed by atoms with Gasteiger partial charge in [-0.05, 0) is 0 Å². The van der Waals surface area contributed by atoms with Crippen LogP contribution in [-0.4, -0.2) is 27.5 Å². The molecule has 0 aliphatic carbocycles. The summed E-state index contributed by atoms with van der Waals surface area (Å²) < 4.78 is 0. The minimum absolute atomic E-state index is 0. The van der Waals surface area contributed by atoms with Crippen LogP contribution in [0, 0.1) is 0 Å². The number of hydrogen-bond donors (Lipinski definition) is 3. The van der Waals surface area contributed by atoms with Gasteiger partial charge < -0.3 is 15.0 Å². The average Bonchev–Trinajstić information content (AvgIpc) is 1.84. The van der Waals surface area contributed by atoms with E-state index in [9.17, 15) is 14.7 Å². The minimum Gasteiger partial charge on any atom is -0.549 e. The Labute approximate surface area is 96.5 Å². The van der Waals surface area contributed by atoms with Gasteiger partial charge in [-0.2, -0.15) is 25.3 Å². The third kappa shape index (κ3) is 4.97. The molecule has 1 N–H and O–H groups in total. The summed E-state index contributed by atoms with van der Waals surface area (Å²) in [6, 6.07) is 0. The van der Waals surface area contributed by atoms with Crippen molar-refractivity contribution in [2.24, 2.45) is 0 Å². The van der Waals surface area contributed by atoms with Crippen LogP contribution in [0.25, 0.3) is 0 Å². The zero-order chi connectivity index (χ0) is 8.31. The molecule has 58 valence electrons. The van der Waals surface area contributed by atoms with E-state index >= 15 is 0 Å². The van der Waals surface area contributed by atoms with E-state index in [2.05, 4.69) is 25.3 Å². The standard InChI is InChI=1S/C4H6O4S2.Na/c5-3(6)1(9)2(10)4(7)8;/h1-2,9-10H,(H,5,6)(H,7,8);/q;+1/p-1. The van der Waals surface area contributed by atoms with Gasteiger partial charge in [0.05, 0.1) is 11.2 Å². The van der Waals surface area contributed by atoms with Crippen molar-refractivity contribution < 1.29 is 49.4 Å². The Kier molecular flexibility index (Phi) is 7.98. The van der Waals surface area contributed by atoms with Crippen molar-refractivity contribution in [2.45, 2.75) is 10.5 Å². The fourth-order valence-corrected chi connectivity index (χ4v) is 0.513. The molecule has 0 aromatic heterocycles. The van der Waals surface area contributed by atoms with Gasteiger partial charge in [0, 0.05) is 0 Å². The summed E-state index contributed by atoms with van der Waals surface area (Å²) in [6.45, 7) is 0. The second-order valence-corrected chi connectivity index (χ2v) is 2.66. The number of thiol groups is 2. The molecule has 0 spiro atoms. The van der Waals surface area contributed by atoms with Crippen molar-refractivity contribution in [3.8, 4) is 0 Å². The number of carboxylic acid groups (broad SMARTS) is 2. The molecular formula is C4H5NaO4S2. The van der Waals surface area contributed by atoms with Crippen molar-refractivity contribution in [2.75, 3.05) is 0 Å². The molecule has 0 aromatic carbocycles. The van der Waals surface area contributed by atoms with E-state index in [4.69, 9.17) is 5.11 Å². The van der Waals surface area contributed by atoms with Crippen LogP contribution < -0.4 is 34.7 Å². The molecule has 11 heavy (non-hydrogen) atoms. The smallest absolute Gasteiger partial charge is 0.549 e. The largest absolute Gasteiger partial charge is 1.00 e. The predicted octanol–water partition coefficient (Wildman–Crippen LogP) is -4.58. The van der Waals surface area contributed by atoms with E-state index in [1.54, 1.807) is 0 Å². The molecule has 0 heterocycles. The van der Waals surface area contributed by atoms with E-state index in [1.807, 2.05) is 0 Å². The zero-order valence-corrected chi connectivity index (χ0v) is 9.51. The van der Waals surface area contributed by atoms with E-state index in [1.165, 1.54) is 0 Å². The average molecular weight is 204 g/mol. The number of carboxylic acids is 2. The number of rotatable bonds is 3. The van der Waals surface area contributed by atoms with Gasteiger partial charge in [0.2, 0.25) is 0 Å². The summed E-state index contributed by atoms with van der Waals surface area (Å²) in [7, 11) is 0. The summed E-state index contributed by atoms with van der Waals surface area (Å²) in [5, 5.41) is 15.4. The fraction of sp³-hybridized carbons (Fsp3) is 0.500. The van der Waals surface area contributed by atoms with Gasteiger partial charge in [-0.3, -0.25) is 4.79 Å². The first-order valence-corrected chi connectivity index (χ1v) is 3.30. The van der Waals surface area contributed by atoms with E-state index in [-0.39, 0.29) is 29.6 Å². The summed E-state index contributed by atoms with van der Waals surface area (Å²) >= 11 is 6.90. The first-order chi connectivity index (χ1) is 4.46. The molecule has 7 heteroatoms. The van der Waals surface area contributed by atoms with Crippen molar-refractivity contribution in [3.63, 3.8) is 0 Å². The predicted molar refractivity (Wildman–Crippen MR) is 38.2 cm³/mol. The number of hydrogen-bond acceptors (Lipinski definition) is 5. The quantitative estimate of drug-likeness (QED) is 0.319. The Morgan fingerprint density at radius 3 is 1.73 bits per heavy atom. The summed E-state index contributed by atoms with van der Waals surface area (Å²) in [6.07, 6.45) is 0. The van der Waals surface area contributed by atoms with Gasteiger partial charge in [-0.25, -0.2) is 0 Å². The van der Waals surface area contributed by atoms with Crippen LogP contribution in [-0.2, 0) is 9.59 Å². The third-order valence-electron chi connectivity index (χ3n) is 0.794. The van der Waals surface area contributed by atoms with Crippen molar-refractivity contribution >= 4 is 37.2 Å². The molecule has 0 aliphatic heterocycles. The van der Waals surface area contributed by atoms with Gasteiger partial charge in [0.1, 0.15) is 5.25 Å². The van der Waals surface area contributed by atoms with Crippen molar-refractivity contribution in [1.82, 2.24) is 0 Å². The number of carbonyl (C=O) groups is 2. The van der Waals surface area contributed by atoms with Crippen LogP contribution in [0.2, 0.25) is 0 Å². The maximum atomic E-state index is 10.0. The molecule has 0 saturated heterocycles. The summed E-state index contributed by atoms with van der Waals surface area (Å²) in [5.41, 5.74) is 0. The van der Waals surface area contributed by atoms with E-state index in [0.717, 1.165) is 0 Å². The Morgan fingerprint density at radius 1 is 1.27 bits per heavy atom. The van der Waals surface area contributed by atoms with Crippen LogP contribution in [0.4, 0.5) is 0 Å². The second kappa shape index (κ2) is 6.19. The molecule has 0 amide bonds. The number of aliphatic carboxylic acids is 2. The molecule has 2 atom stereocenters. The van der Waals surface area contributed by atoms with Crippen LogP contribution >= 0.6 is 25.3 Å². The maximum absolute atomic E-state index is 10.0. The Hall–Kier alpha value is 0.640. The first-order valence-electron chi connectivity index (χ1n) is 2.26. The maximum Gasteiger partial charge on any atom is 1.00 e. The minimum atomic E-state index is -1.54. The normalized spacial score (nSPS) is 14.4. The van der Waals surface area contributed by atoms with Crippen LogP contribution in [0.1, 0.15) is 0 Å². The van der Waals surface area contributed by atoms with Gasteiger partial charge in [0.15, 0.2) is 0 Å².